The van der Waals surface area contributed by atoms with Crippen molar-refractivity contribution in [3.8, 4) is 0 Å². The largest absolute Gasteiger partial charge is 0.382 e. The number of fused-ring (bicyclic) bond motifs is 1. The Morgan fingerprint density at radius 3 is 2.72 bits per heavy atom. The van der Waals surface area contributed by atoms with E-state index in [2.05, 4.69) is 36.4 Å². The molecule has 0 spiro atoms. The van der Waals surface area contributed by atoms with E-state index < -0.39 is 0 Å². The molecule has 25 heavy (non-hydrogen) atoms. The fourth-order valence-electron chi connectivity index (χ4n) is 5.30. The maximum absolute atomic E-state index is 5.91. The van der Waals surface area contributed by atoms with E-state index in [0.717, 1.165) is 38.7 Å². The predicted octanol–water partition coefficient (Wildman–Crippen LogP) is 2.95. The molecule has 5 heteroatoms. The Kier molecular flexibility index (Phi) is 5.94. The minimum absolute atomic E-state index is 0.179. The lowest BCUT2D eigenvalue weighted by atomic mass is 9.57. The van der Waals surface area contributed by atoms with Crippen molar-refractivity contribution in [2.45, 2.75) is 71.4 Å². The molecule has 0 radical (unpaired) electrons. The summed E-state index contributed by atoms with van der Waals surface area (Å²) in [6.45, 7) is 10.3. The maximum Gasteiger partial charge on any atom is 0.191 e. The molecule has 2 saturated carbocycles. The molecule has 0 amide bonds. The summed E-state index contributed by atoms with van der Waals surface area (Å²) < 4.78 is 11.5. The van der Waals surface area contributed by atoms with Crippen molar-refractivity contribution in [1.82, 2.24) is 10.6 Å². The van der Waals surface area contributed by atoms with Gasteiger partial charge in [0.05, 0.1) is 6.10 Å². The standard InChI is InChI=1S/C20H37N3O2/c1-5-24-13-11-20(9-6-7-10-20)14-22-18(21-4)23-16-15-8-12-25-17(15)19(16,2)3/h15-17H,5-14H2,1-4H3,(H2,21,22,23). The van der Waals surface area contributed by atoms with Crippen LogP contribution in [0.1, 0.15) is 59.3 Å². The molecule has 1 saturated heterocycles. The molecule has 3 atom stereocenters. The zero-order valence-electron chi connectivity index (χ0n) is 16.6. The Hall–Kier alpha value is -0.810. The summed E-state index contributed by atoms with van der Waals surface area (Å²) in [7, 11) is 1.88. The minimum Gasteiger partial charge on any atom is -0.382 e. The molecule has 0 aromatic heterocycles. The highest BCUT2D eigenvalue weighted by atomic mass is 16.5. The molecule has 3 rings (SSSR count). The quantitative estimate of drug-likeness (QED) is 0.421. The second-order valence-electron chi connectivity index (χ2n) is 8.77. The first-order valence-corrected chi connectivity index (χ1v) is 10.2. The van der Waals surface area contributed by atoms with E-state index >= 15 is 0 Å². The molecule has 1 aliphatic heterocycles. The number of ether oxygens (including phenoxy) is 2. The third-order valence-electron chi connectivity index (χ3n) is 6.89. The summed E-state index contributed by atoms with van der Waals surface area (Å²) in [5, 5.41) is 7.34. The lowest BCUT2D eigenvalue weighted by molar-refractivity contribution is -0.106. The van der Waals surface area contributed by atoms with Gasteiger partial charge in [-0.25, -0.2) is 0 Å². The SMILES string of the molecule is CCOCCC1(CNC(=NC)NC2C3CCOC3C2(C)C)CCCC1. The highest BCUT2D eigenvalue weighted by molar-refractivity contribution is 5.80. The van der Waals surface area contributed by atoms with E-state index in [0.29, 0.717) is 23.5 Å². The van der Waals surface area contributed by atoms with E-state index in [1.807, 2.05) is 7.05 Å². The number of guanidine groups is 1. The Balaban J connectivity index is 1.53. The van der Waals surface area contributed by atoms with Crippen LogP contribution in [0.5, 0.6) is 0 Å². The third-order valence-corrected chi connectivity index (χ3v) is 6.89. The summed E-state index contributed by atoms with van der Waals surface area (Å²) in [5.41, 5.74) is 0.555. The fourth-order valence-corrected chi connectivity index (χ4v) is 5.30. The normalized spacial score (nSPS) is 33.0. The van der Waals surface area contributed by atoms with Crippen molar-refractivity contribution in [2.75, 3.05) is 33.4 Å². The topological polar surface area (TPSA) is 54.9 Å². The lowest BCUT2D eigenvalue weighted by Gasteiger charge is -2.55. The highest BCUT2D eigenvalue weighted by Gasteiger charge is 2.59. The van der Waals surface area contributed by atoms with E-state index in [9.17, 15) is 0 Å². The molecule has 3 fully saturated rings. The Morgan fingerprint density at radius 2 is 2.04 bits per heavy atom. The van der Waals surface area contributed by atoms with Crippen LogP contribution in [0.2, 0.25) is 0 Å². The lowest BCUT2D eigenvalue weighted by Crippen LogP contribution is -2.68. The molecular weight excluding hydrogens is 314 g/mol. The molecular formula is C20H37N3O2. The van der Waals surface area contributed by atoms with E-state index in [1.54, 1.807) is 0 Å². The summed E-state index contributed by atoms with van der Waals surface area (Å²) in [6, 6.07) is 0.453. The van der Waals surface area contributed by atoms with Crippen LogP contribution < -0.4 is 10.6 Å². The Bertz CT molecular complexity index is 472. The van der Waals surface area contributed by atoms with Crippen molar-refractivity contribution in [3.05, 3.63) is 0 Å². The van der Waals surface area contributed by atoms with Crippen molar-refractivity contribution in [3.63, 3.8) is 0 Å². The summed E-state index contributed by atoms with van der Waals surface area (Å²) >= 11 is 0. The Labute approximate surface area is 153 Å². The van der Waals surface area contributed by atoms with Crippen LogP contribution in [-0.2, 0) is 9.47 Å². The third kappa shape index (κ3) is 3.82. The van der Waals surface area contributed by atoms with Crippen LogP contribution in [0.15, 0.2) is 4.99 Å². The smallest absolute Gasteiger partial charge is 0.191 e. The number of nitrogens with one attached hydrogen (secondary N) is 2. The average molecular weight is 352 g/mol. The van der Waals surface area contributed by atoms with Gasteiger partial charge in [0, 0.05) is 50.8 Å². The van der Waals surface area contributed by atoms with Crippen LogP contribution in [0, 0.1) is 16.7 Å². The van der Waals surface area contributed by atoms with Gasteiger partial charge in [-0.3, -0.25) is 4.99 Å². The van der Waals surface area contributed by atoms with Gasteiger partial charge in [-0.05, 0) is 38.0 Å². The second kappa shape index (κ2) is 7.83. The number of hydrogen-bond acceptors (Lipinski definition) is 3. The van der Waals surface area contributed by atoms with Crippen molar-refractivity contribution in [2.24, 2.45) is 21.7 Å². The maximum atomic E-state index is 5.91. The number of hydrogen-bond donors (Lipinski definition) is 2. The molecule has 5 nitrogen and oxygen atoms in total. The first kappa shape index (κ1) is 19.0. The number of nitrogens with zero attached hydrogens (tertiary/aromatic N) is 1. The first-order valence-electron chi connectivity index (χ1n) is 10.2. The van der Waals surface area contributed by atoms with Gasteiger partial charge in [-0.1, -0.05) is 26.7 Å². The predicted molar refractivity (Wildman–Crippen MR) is 102 cm³/mol. The zero-order chi connectivity index (χ0) is 17.9. The van der Waals surface area contributed by atoms with E-state index in [1.165, 1.54) is 32.1 Å². The molecule has 2 N–H and O–H groups in total. The first-order chi connectivity index (χ1) is 12.0. The molecule has 3 aliphatic rings. The van der Waals surface area contributed by atoms with Crippen molar-refractivity contribution < 1.29 is 9.47 Å². The molecule has 144 valence electrons. The van der Waals surface area contributed by atoms with Gasteiger partial charge in [0.25, 0.3) is 0 Å². The van der Waals surface area contributed by atoms with Crippen LogP contribution in [0.3, 0.4) is 0 Å². The summed E-state index contributed by atoms with van der Waals surface area (Å²) in [5.74, 6) is 1.58. The van der Waals surface area contributed by atoms with Gasteiger partial charge in [0.2, 0.25) is 0 Å². The second-order valence-corrected chi connectivity index (χ2v) is 8.77. The van der Waals surface area contributed by atoms with Gasteiger partial charge in [-0.15, -0.1) is 0 Å². The minimum atomic E-state index is 0.179. The molecule has 1 heterocycles. The van der Waals surface area contributed by atoms with Gasteiger partial charge >= 0.3 is 0 Å². The van der Waals surface area contributed by atoms with Crippen LogP contribution in [0.25, 0.3) is 0 Å². The Morgan fingerprint density at radius 1 is 1.28 bits per heavy atom. The van der Waals surface area contributed by atoms with Gasteiger partial charge < -0.3 is 20.1 Å². The van der Waals surface area contributed by atoms with Gasteiger partial charge in [-0.2, -0.15) is 0 Å². The van der Waals surface area contributed by atoms with Gasteiger partial charge in [0.1, 0.15) is 0 Å². The van der Waals surface area contributed by atoms with Crippen LogP contribution in [0.4, 0.5) is 0 Å². The molecule has 3 unspecified atom stereocenters. The van der Waals surface area contributed by atoms with E-state index in [-0.39, 0.29) is 5.41 Å². The highest BCUT2D eigenvalue weighted by Crippen LogP contribution is 2.52. The number of rotatable bonds is 7. The van der Waals surface area contributed by atoms with Gasteiger partial charge in [0.15, 0.2) is 5.96 Å². The molecule has 0 bridgehead atoms. The molecule has 0 aromatic carbocycles. The number of aliphatic imine (C=N–C) groups is 1. The molecule has 2 aliphatic carbocycles. The average Bonchev–Trinajstić information content (AvgIpc) is 3.24. The van der Waals surface area contributed by atoms with Crippen molar-refractivity contribution >= 4 is 5.96 Å². The molecule has 0 aromatic rings. The van der Waals surface area contributed by atoms with Crippen LogP contribution in [-0.4, -0.2) is 51.5 Å². The van der Waals surface area contributed by atoms with Crippen molar-refractivity contribution in [1.29, 1.82) is 0 Å². The monoisotopic (exact) mass is 351 g/mol. The van der Waals surface area contributed by atoms with E-state index in [4.69, 9.17) is 9.47 Å². The summed E-state index contributed by atoms with van der Waals surface area (Å²) in [6.07, 6.45) is 8.03. The fraction of sp³-hybridized carbons (Fsp3) is 0.950. The van der Waals surface area contributed by atoms with Crippen LogP contribution >= 0.6 is 0 Å². The zero-order valence-corrected chi connectivity index (χ0v) is 16.6. The summed E-state index contributed by atoms with van der Waals surface area (Å²) in [4.78, 5) is 4.50.